The van der Waals surface area contributed by atoms with Gasteiger partial charge in [0.05, 0.1) is 23.2 Å². The van der Waals surface area contributed by atoms with Crippen LogP contribution < -0.4 is 0 Å². The molecule has 194 valence electrons. The standard InChI is InChI=1S/C27H40N2O5S/c1-4-6-18-34-25(33)21-20-23(31)29(16-10-17-30)22(27(20)14-13-26(21,3)35-27)24(32)28(15-5-2)19-11-8-7-9-12-19/h4-5,19-22,30H,1-2,6-18H2,3H3/t20-,21+,22?,26-,27?/m0/s1. The molecule has 3 saturated heterocycles. The number of rotatable bonds is 11. The van der Waals surface area contributed by atoms with Crippen molar-refractivity contribution in [2.45, 2.75) is 86.3 Å². The number of fused-ring (bicyclic) bond motifs is 1. The predicted octanol–water partition coefficient (Wildman–Crippen LogP) is 3.32. The number of carbonyl (C=O) groups is 3. The SMILES string of the molecule is C=CCCOC(=O)[C@H]1[C@H]2C(=O)N(CCCO)C(C(=O)N(CC=C)C3CCCCC3)C23CC[C@]1(C)S3. The van der Waals surface area contributed by atoms with Gasteiger partial charge in [0, 0.05) is 30.5 Å². The van der Waals surface area contributed by atoms with Crippen LogP contribution in [-0.4, -0.2) is 80.6 Å². The molecule has 1 aliphatic carbocycles. The fraction of sp³-hybridized carbons (Fsp3) is 0.741. The minimum Gasteiger partial charge on any atom is -0.465 e. The Morgan fingerprint density at radius 3 is 2.63 bits per heavy atom. The molecule has 3 heterocycles. The summed E-state index contributed by atoms with van der Waals surface area (Å²) in [5.74, 6) is -1.65. The molecule has 1 N–H and O–H groups in total. The molecule has 1 saturated carbocycles. The Morgan fingerprint density at radius 1 is 1.23 bits per heavy atom. The first kappa shape index (κ1) is 26.3. The van der Waals surface area contributed by atoms with Gasteiger partial charge in [-0.3, -0.25) is 14.4 Å². The monoisotopic (exact) mass is 504 g/mol. The van der Waals surface area contributed by atoms with Gasteiger partial charge in [0.25, 0.3) is 0 Å². The van der Waals surface area contributed by atoms with Crippen LogP contribution in [0, 0.1) is 11.8 Å². The van der Waals surface area contributed by atoms with Gasteiger partial charge in [-0.2, -0.15) is 0 Å². The van der Waals surface area contributed by atoms with Gasteiger partial charge in [0.1, 0.15) is 6.04 Å². The van der Waals surface area contributed by atoms with E-state index in [2.05, 4.69) is 20.1 Å². The fourth-order valence-electron chi connectivity index (χ4n) is 6.98. The van der Waals surface area contributed by atoms with Crippen molar-refractivity contribution >= 4 is 29.5 Å². The molecule has 5 atom stereocenters. The molecule has 4 aliphatic rings. The van der Waals surface area contributed by atoms with Crippen molar-refractivity contribution in [3.8, 4) is 0 Å². The number of ether oxygens (including phenoxy) is 1. The summed E-state index contributed by atoms with van der Waals surface area (Å²) in [6.45, 7) is 10.6. The molecule has 7 nitrogen and oxygen atoms in total. The second-order valence-electron chi connectivity index (χ2n) is 10.7. The van der Waals surface area contributed by atoms with Crippen molar-refractivity contribution in [2.24, 2.45) is 11.8 Å². The fourth-order valence-corrected chi connectivity index (χ4v) is 9.32. The number of esters is 1. The van der Waals surface area contributed by atoms with Crippen LogP contribution in [0.15, 0.2) is 25.3 Å². The first-order chi connectivity index (χ1) is 16.8. The van der Waals surface area contributed by atoms with Crippen LogP contribution in [0.4, 0.5) is 0 Å². The van der Waals surface area contributed by atoms with Gasteiger partial charge >= 0.3 is 5.97 Å². The molecule has 0 aromatic rings. The van der Waals surface area contributed by atoms with Crippen molar-refractivity contribution in [1.29, 1.82) is 0 Å². The zero-order chi connectivity index (χ0) is 25.2. The molecule has 2 bridgehead atoms. The number of amides is 2. The Labute approximate surface area is 213 Å². The average Bonchev–Trinajstić information content (AvgIpc) is 3.42. The van der Waals surface area contributed by atoms with E-state index in [1.165, 1.54) is 6.42 Å². The number of aliphatic hydroxyl groups excluding tert-OH is 1. The molecule has 0 aromatic heterocycles. The molecule has 0 radical (unpaired) electrons. The summed E-state index contributed by atoms with van der Waals surface area (Å²) in [5.41, 5.74) is 0. The maximum Gasteiger partial charge on any atom is 0.311 e. The second-order valence-corrected chi connectivity index (χ2v) is 12.5. The van der Waals surface area contributed by atoms with Crippen LogP contribution in [-0.2, 0) is 19.1 Å². The van der Waals surface area contributed by atoms with Gasteiger partial charge in [-0.25, -0.2) is 0 Å². The molecule has 0 aromatic carbocycles. The van der Waals surface area contributed by atoms with Crippen LogP contribution in [0.1, 0.15) is 64.7 Å². The van der Waals surface area contributed by atoms with Crippen molar-refractivity contribution in [2.75, 3.05) is 26.3 Å². The van der Waals surface area contributed by atoms with E-state index >= 15 is 0 Å². The third kappa shape index (κ3) is 4.45. The highest BCUT2D eigenvalue weighted by Crippen LogP contribution is 2.71. The highest BCUT2D eigenvalue weighted by molar-refractivity contribution is 8.02. The van der Waals surface area contributed by atoms with Crippen LogP contribution >= 0.6 is 11.8 Å². The number of thioether (sulfide) groups is 1. The van der Waals surface area contributed by atoms with Crippen molar-refractivity contribution in [3.63, 3.8) is 0 Å². The first-order valence-electron chi connectivity index (χ1n) is 13.1. The quantitative estimate of drug-likeness (QED) is 0.264. The highest BCUT2D eigenvalue weighted by atomic mass is 32.2. The number of likely N-dealkylation sites (tertiary alicyclic amines) is 1. The predicted molar refractivity (Wildman–Crippen MR) is 137 cm³/mol. The second kappa shape index (κ2) is 10.7. The van der Waals surface area contributed by atoms with Crippen LogP contribution in [0.25, 0.3) is 0 Å². The molecule has 4 fully saturated rings. The Kier molecular flexibility index (Phi) is 8.01. The maximum absolute atomic E-state index is 14.4. The van der Waals surface area contributed by atoms with Gasteiger partial charge < -0.3 is 19.6 Å². The van der Waals surface area contributed by atoms with Crippen molar-refractivity contribution < 1.29 is 24.2 Å². The molecule has 3 aliphatic heterocycles. The van der Waals surface area contributed by atoms with Gasteiger partial charge in [-0.05, 0) is 45.4 Å². The van der Waals surface area contributed by atoms with E-state index in [-0.39, 0.29) is 37.0 Å². The Hall–Kier alpha value is -1.80. The number of carbonyl (C=O) groups excluding carboxylic acids is 3. The van der Waals surface area contributed by atoms with E-state index < -0.39 is 27.4 Å². The Morgan fingerprint density at radius 2 is 1.97 bits per heavy atom. The van der Waals surface area contributed by atoms with E-state index in [1.807, 2.05) is 4.90 Å². The number of hydrogen-bond acceptors (Lipinski definition) is 6. The van der Waals surface area contributed by atoms with Gasteiger partial charge in [0.2, 0.25) is 11.8 Å². The minimum atomic E-state index is -0.644. The smallest absolute Gasteiger partial charge is 0.311 e. The maximum atomic E-state index is 14.4. The third-order valence-corrected chi connectivity index (χ3v) is 10.5. The summed E-state index contributed by atoms with van der Waals surface area (Å²) in [6.07, 6.45) is 11.3. The molecular formula is C27H40N2O5S. The molecule has 4 rings (SSSR count). The summed E-state index contributed by atoms with van der Waals surface area (Å²) in [4.78, 5) is 45.2. The third-order valence-electron chi connectivity index (χ3n) is 8.51. The Balaban J connectivity index is 1.70. The van der Waals surface area contributed by atoms with E-state index in [0.717, 1.165) is 38.5 Å². The van der Waals surface area contributed by atoms with Crippen LogP contribution in [0.2, 0.25) is 0 Å². The normalized spacial score (nSPS) is 34.1. The number of aliphatic hydroxyl groups is 1. The topological polar surface area (TPSA) is 87.1 Å². The van der Waals surface area contributed by atoms with Crippen molar-refractivity contribution in [3.05, 3.63) is 25.3 Å². The summed E-state index contributed by atoms with van der Waals surface area (Å²) in [6, 6.07) is -0.482. The number of nitrogens with zero attached hydrogens (tertiary/aromatic N) is 2. The van der Waals surface area contributed by atoms with E-state index in [0.29, 0.717) is 25.9 Å². The lowest BCUT2D eigenvalue weighted by atomic mass is 9.66. The zero-order valence-electron chi connectivity index (χ0n) is 21.0. The van der Waals surface area contributed by atoms with Crippen molar-refractivity contribution in [1.82, 2.24) is 9.80 Å². The molecule has 2 unspecified atom stereocenters. The first-order valence-corrected chi connectivity index (χ1v) is 14.0. The minimum absolute atomic E-state index is 0.0250. The largest absolute Gasteiger partial charge is 0.465 e. The van der Waals surface area contributed by atoms with Gasteiger partial charge in [-0.15, -0.1) is 24.9 Å². The van der Waals surface area contributed by atoms with E-state index in [1.54, 1.807) is 28.8 Å². The molecule has 2 amide bonds. The summed E-state index contributed by atoms with van der Waals surface area (Å²) < 4.78 is 4.51. The molecular weight excluding hydrogens is 464 g/mol. The number of hydrogen-bond donors (Lipinski definition) is 1. The molecule has 35 heavy (non-hydrogen) atoms. The van der Waals surface area contributed by atoms with E-state index in [4.69, 9.17) is 4.74 Å². The summed E-state index contributed by atoms with van der Waals surface area (Å²) >= 11 is 1.67. The molecule has 8 heteroatoms. The molecule has 1 spiro atoms. The lowest BCUT2D eigenvalue weighted by Crippen LogP contribution is -2.57. The van der Waals surface area contributed by atoms with Crippen LogP contribution in [0.5, 0.6) is 0 Å². The highest BCUT2D eigenvalue weighted by Gasteiger charge is 2.77. The average molecular weight is 505 g/mol. The lowest BCUT2D eigenvalue weighted by Gasteiger charge is -2.41. The van der Waals surface area contributed by atoms with Gasteiger partial charge in [0.15, 0.2) is 0 Å². The van der Waals surface area contributed by atoms with E-state index in [9.17, 15) is 19.5 Å². The van der Waals surface area contributed by atoms with Gasteiger partial charge in [-0.1, -0.05) is 31.4 Å². The van der Waals surface area contributed by atoms with Crippen LogP contribution in [0.3, 0.4) is 0 Å². The summed E-state index contributed by atoms with van der Waals surface area (Å²) in [7, 11) is 0. The zero-order valence-corrected chi connectivity index (χ0v) is 21.8. The Bertz CT molecular complexity index is 859. The lowest BCUT2D eigenvalue weighted by molar-refractivity contribution is -0.155. The summed E-state index contributed by atoms with van der Waals surface area (Å²) in [5, 5.41) is 9.54.